The van der Waals surface area contributed by atoms with E-state index in [-0.39, 0.29) is 17.9 Å². The topological polar surface area (TPSA) is 49.9 Å². The van der Waals surface area contributed by atoms with Gasteiger partial charge in [0.1, 0.15) is 11.4 Å². The number of amides is 2. The summed E-state index contributed by atoms with van der Waals surface area (Å²) in [6.45, 7) is 8.36. The van der Waals surface area contributed by atoms with E-state index < -0.39 is 0 Å². The van der Waals surface area contributed by atoms with Crippen LogP contribution in [0.1, 0.15) is 36.1 Å². The fraction of sp³-hybridized carbons (Fsp3) is 0.241. The van der Waals surface area contributed by atoms with Gasteiger partial charge < -0.3 is 9.64 Å². The Bertz CT molecular complexity index is 1240. The van der Waals surface area contributed by atoms with Crippen LogP contribution in [0.5, 0.6) is 5.75 Å². The second-order valence-corrected chi connectivity index (χ2v) is 8.99. The normalized spacial score (nSPS) is 13.8. The number of imide groups is 1. The molecule has 4 rings (SSSR count). The van der Waals surface area contributed by atoms with Gasteiger partial charge in [0.25, 0.3) is 11.8 Å². The van der Waals surface area contributed by atoms with E-state index in [1.54, 1.807) is 0 Å². The predicted molar refractivity (Wildman–Crippen MR) is 135 cm³/mol. The molecule has 174 valence electrons. The van der Waals surface area contributed by atoms with Crippen LogP contribution in [-0.4, -0.2) is 29.9 Å². The van der Waals surface area contributed by atoms with Gasteiger partial charge in [0.05, 0.1) is 17.4 Å². The zero-order valence-electron chi connectivity index (χ0n) is 20.3. The molecule has 5 heteroatoms. The van der Waals surface area contributed by atoms with Crippen molar-refractivity contribution in [1.82, 2.24) is 4.90 Å². The van der Waals surface area contributed by atoms with Crippen LogP contribution in [0.2, 0.25) is 0 Å². The molecule has 0 aromatic heterocycles. The van der Waals surface area contributed by atoms with Gasteiger partial charge in [0.2, 0.25) is 0 Å². The summed E-state index contributed by atoms with van der Waals surface area (Å²) in [6, 6.07) is 23.1. The quantitative estimate of drug-likeness (QED) is 0.442. The summed E-state index contributed by atoms with van der Waals surface area (Å²) >= 11 is 0. The molecule has 0 spiro atoms. The first-order valence-electron chi connectivity index (χ1n) is 11.5. The third-order valence-electron chi connectivity index (χ3n) is 5.81. The maximum absolute atomic E-state index is 13.8. The Labute approximate surface area is 201 Å². The maximum Gasteiger partial charge on any atom is 0.282 e. The molecule has 0 N–H and O–H groups in total. The number of anilines is 1. The zero-order chi connectivity index (χ0) is 24.4. The van der Waals surface area contributed by atoms with Gasteiger partial charge >= 0.3 is 0 Å². The van der Waals surface area contributed by atoms with Gasteiger partial charge in [-0.1, -0.05) is 60.2 Å². The third kappa shape index (κ3) is 4.60. The fourth-order valence-corrected chi connectivity index (χ4v) is 4.32. The van der Waals surface area contributed by atoms with Gasteiger partial charge in [0.15, 0.2) is 0 Å². The van der Waals surface area contributed by atoms with Crippen molar-refractivity contribution < 1.29 is 14.3 Å². The highest BCUT2D eigenvalue weighted by molar-refractivity contribution is 6.45. The molecule has 0 atom stereocenters. The van der Waals surface area contributed by atoms with Gasteiger partial charge in [-0.25, -0.2) is 4.90 Å². The van der Waals surface area contributed by atoms with Crippen LogP contribution >= 0.6 is 0 Å². The number of aryl methyl sites for hydroxylation is 2. The molecule has 0 saturated heterocycles. The van der Waals surface area contributed by atoms with E-state index in [1.165, 1.54) is 4.90 Å². The Morgan fingerprint density at radius 3 is 2.18 bits per heavy atom. The first-order valence-corrected chi connectivity index (χ1v) is 11.5. The van der Waals surface area contributed by atoms with Crippen molar-refractivity contribution in [2.24, 2.45) is 0 Å². The summed E-state index contributed by atoms with van der Waals surface area (Å²) in [4.78, 5) is 30.7. The molecular weight excluding hydrogens is 424 g/mol. The number of likely N-dealkylation sites (N-methyl/N-ethyl adjacent to an activating group) is 1. The van der Waals surface area contributed by atoms with Crippen LogP contribution in [0.15, 0.2) is 78.5 Å². The van der Waals surface area contributed by atoms with E-state index in [9.17, 15) is 9.59 Å². The average Bonchev–Trinajstić information content (AvgIpc) is 3.05. The van der Waals surface area contributed by atoms with E-state index in [4.69, 9.17) is 4.74 Å². The van der Waals surface area contributed by atoms with Gasteiger partial charge in [-0.05, 0) is 62.6 Å². The molecule has 0 fully saturated rings. The number of ether oxygens (including phenoxy) is 1. The largest absolute Gasteiger partial charge is 0.491 e. The summed E-state index contributed by atoms with van der Waals surface area (Å²) in [6.07, 6.45) is 0.0485. The fourth-order valence-electron chi connectivity index (χ4n) is 4.32. The Morgan fingerprint density at radius 2 is 1.56 bits per heavy atom. The predicted octanol–water partition coefficient (Wildman–Crippen LogP) is 5.51. The van der Waals surface area contributed by atoms with E-state index in [2.05, 4.69) is 0 Å². The Morgan fingerprint density at radius 1 is 0.882 bits per heavy atom. The van der Waals surface area contributed by atoms with E-state index in [0.717, 1.165) is 22.4 Å². The van der Waals surface area contributed by atoms with Crippen molar-refractivity contribution >= 4 is 23.1 Å². The lowest BCUT2D eigenvalue weighted by atomic mass is 10.0. The molecule has 5 nitrogen and oxygen atoms in total. The van der Waals surface area contributed by atoms with Crippen molar-refractivity contribution in [3.8, 4) is 5.75 Å². The van der Waals surface area contributed by atoms with Crippen LogP contribution in [0.3, 0.4) is 0 Å². The highest BCUT2D eigenvalue weighted by atomic mass is 16.5. The first-order chi connectivity index (χ1) is 16.3. The molecular formula is C29H30N2O3. The summed E-state index contributed by atoms with van der Waals surface area (Å²) in [7, 11) is 1.86. The van der Waals surface area contributed by atoms with Gasteiger partial charge in [-0.2, -0.15) is 0 Å². The average molecular weight is 455 g/mol. The lowest BCUT2D eigenvalue weighted by molar-refractivity contribution is -0.120. The molecule has 0 aliphatic carbocycles. The molecule has 0 bridgehead atoms. The number of carbonyl (C=O) groups excluding carboxylic acids is 2. The second-order valence-electron chi connectivity index (χ2n) is 8.99. The van der Waals surface area contributed by atoms with E-state index in [0.29, 0.717) is 29.1 Å². The van der Waals surface area contributed by atoms with Gasteiger partial charge in [-0.15, -0.1) is 0 Å². The first kappa shape index (κ1) is 23.3. The minimum absolute atomic E-state index is 0.0485. The minimum Gasteiger partial charge on any atom is -0.491 e. The van der Waals surface area contributed by atoms with Gasteiger partial charge in [0, 0.05) is 13.6 Å². The Hall–Kier alpha value is -3.86. The minimum atomic E-state index is -0.315. The SMILES string of the molecule is Cc1ccc(N2C(=O)C(c3ccc(OC(C)C)cc3)=C(N(C)Cc3ccccc3)C2=O)c(C)c1. The van der Waals surface area contributed by atoms with E-state index in [1.807, 2.05) is 112 Å². The monoisotopic (exact) mass is 454 g/mol. The summed E-state index contributed by atoms with van der Waals surface area (Å²) < 4.78 is 5.76. The molecule has 3 aromatic carbocycles. The van der Waals surface area contributed by atoms with Crippen LogP contribution in [-0.2, 0) is 16.1 Å². The Kier molecular flexibility index (Phi) is 6.55. The highest BCUT2D eigenvalue weighted by Crippen LogP contribution is 2.36. The number of rotatable bonds is 7. The second kappa shape index (κ2) is 9.56. The Balaban J connectivity index is 1.78. The molecule has 1 aliphatic rings. The van der Waals surface area contributed by atoms with Crippen LogP contribution in [0, 0.1) is 13.8 Å². The van der Waals surface area contributed by atoms with Crippen LogP contribution < -0.4 is 9.64 Å². The molecule has 3 aromatic rings. The zero-order valence-corrected chi connectivity index (χ0v) is 20.3. The molecule has 1 aliphatic heterocycles. The molecule has 0 saturated carbocycles. The molecule has 1 heterocycles. The van der Waals surface area contributed by atoms with Crippen LogP contribution in [0.25, 0.3) is 5.57 Å². The number of benzene rings is 3. The number of carbonyl (C=O) groups is 2. The van der Waals surface area contributed by atoms with Crippen molar-refractivity contribution in [1.29, 1.82) is 0 Å². The van der Waals surface area contributed by atoms with E-state index >= 15 is 0 Å². The molecule has 34 heavy (non-hydrogen) atoms. The van der Waals surface area contributed by atoms with Crippen molar-refractivity contribution in [2.45, 2.75) is 40.3 Å². The summed E-state index contributed by atoms with van der Waals surface area (Å²) in [5.41, 5.74) is 5.12. The number of hydrogen-bond donors (Lipinski definition) is 0. The molecule has 2 amide bonds. The summed E-state index contributed by atoms with van der Waals surface area (Å²) in [5.74, 6) is 0.0961. The number of hydrogen-bond acceptors (Lipinski definition) is 4. The smallest absolute Gasteiger partial charge is 0.282 e. The lowest BCUT2D eigenvalue weighted by Gasteiger charge is -2.22. The van der Waals surface area contributed by atoms with Gasteiger partial charge in [-0.3, -0.25) is 9.59 Å². The standard InChI is InChI=1S/C29H30N2O3/c1-19(2)34-24-14-12-23(13-15-24)26-27(30(5)18-22-9-7-6-8-10-22)29(33)31(28(26)32)25-16-11-20(3)17-21(25)4/h6-17,19H,18H2,1-5H3. The maximum atomic E-state index is 13.8. The third-order valence-corrected chi connectivity index (χ3v) is 5.81. The van der Waals surface area contributed by atoms with Crippen molar-refractivity contribution in [3.63, 3.8) is 0 Å². The summed E-state index contributed by atoms with van der Waals surface area (Å²) in [5, 5.41) is 0. The van der Waals surface area contributed by atoms with Crippen molar-refractivity contribution in [3.05, 3.63) is 101 Å². The van der Waals surface area contributed by atoms with Crippen molar-refractivity contribution in [2.75, 3.05) is 11.9 Å². The molecule has 0 unspecified atom stereocenters. The number of nitrogens with zero attached hydrogens (tertiary/aromatic N) is 2. The van der Waals surface area contributed by atoms with Crippen LogP contribution in [0.4, 0.5) is 5.69 Å². The lowest BCUT2D eigenvalue weighted by Crippen LogP contribution is -2.34. The molecule has 0 radical (unpaired) electrons. The highest BCUT2D eigenvalue weighted by Gasteiger charge is 2.42.